The van der Waals surface area contributed by atoms with Gasteiger partial charge in [0.1, 0.15) is 12.4 Å². The van der Waals surface area contributed by atoms with E-state index in [-0.39, 0.29) is 36.5 Å². The first kappa shape index (κ1) is 24.6. The fourth-order valence-electron chi connectivity index (χ4n) is 6.32. The molecule has 6 rings (SSSR count). The molecule has 3 aromatic carbocycles. The van der Waals surface area contributed by atoms with Crippen LogP contribution in [0.15, 0.2) is 84.4 Å². The van der Waals surface area contributed by atoms with E-state index in [1.165, 1.54) is 34.4 Å². The third kappa shape index (κ3) is 4.89. The Hall–Kier alpha value is -3.74. The molecule has 0 N–H and O–H groups in total. The lowest BCUT2D eigenvalue weighted by molar-refractivity contribution is -0.274. The fourth-order valence-corrected chi connectivity index (χ4v) is 6.32. The second kappa shape index (κ2) is 9.86. The van der Waals surface area contributed by atoms with Crippen molar-refractivity contribution in [3.8, 4) is 16.9 Å². The minimum atomic E-state index is -4.72. The van der Waals surface area contributed by atoms with Gasteiger partial charge in [-0.25, -0.2) is 4.79 Å². The highest BCUT2D eigenvalue weighted by atomic mass is 19.4. The Kier molecular flexibility index (Phi) is 6.38. The molecule has 2 bridgehead atoms. The van der Waals surface area contributed by atoms with Crippen LogP contribution in [-0.2, 0) is 11.2 Å². The molecule has 2 atom stereocenters. The highest BCUT2D eigenvalue weighted by Crippen LogP contribution is 2.45. The number of alkyl halides is 3. The van der Waals surface area contributed by atoms with Gasteiger partial charge in [-0.1, -0.05) is 72.3 Å². The van der Waals surface area contributed by atoms with Gasteiger partial charge in [0, 0.05) is 12.0 Å². The van der Waals surface area contributed by atoms with Crippen LogP contribution < -0.4 is 4.74 Å². The van der Waals surface area contributed by atoms with E-state index in [0.29, 0.717) is 12.8 Å². The third-order valence-electron chi connectivity index (χ3n) is 7.82. The first-order chi connectivity index (χ1) is 18.4. The monoisotopic (exact) mass is 519 g/mol. The van der Waals surface area contributed by atoms with E-state index in [9.17, 15) is 18.0 Å². The Labute approximate surface area is 219 Å². The average Bonchev–Trinajstić information content (AvgIpc) is 3.20. The zero-order valence-corrected chi connectivity index (χ0v) is 20.8. The van der Waals surface area contributed by atoms with Crippen molar-refractivity contribution in [2.45, 2.75) is 56.5 Å². The van der Waals surface area contributed by atoms with Crippen molar-refractivity contribution >= 4 is 6.09 Å². The number of piperidine rings is 1. The third-order valence-corrected chi connectivity index (χ3v) is 7.82. The summed E-state index contributed by atoms with van der Waals surface area (Å²) < 4.78 is 47.9. The zero-order valence-electron chi connectivity index (χ0n) is 20.8. The molecular weight excluding hydrogens is 491 g/mol. The number of carbonyl (C=O) groups is 1. The van der Waals surface area contributed by atoms with Crippen LogP contribution in [0.1, 0.15) is 48.3 Å². The molecule has 4 nitrogen and oxygen atoms in total. The summed E-state index contributed by atoms with van der Waals surface area (Å²) >= 11 is 0. The predicted molar refractivity (Wildman–Crippen MR) is 138 cm³/mol. The normalized spacial score (nSPS) is 20.4. The van der Waals surface area contributed by atoms with E-state index < -0.39 is 6.36 Å². The maximum absolute atomic E-state index is 13.4. The van der Waals surface area contributed by atoms with Crippen LogP contribution in [0.25, 0.3) is 11.1 Å². The van der Waals surface area contributed by atoms with Gasteiger partial charge in [-0.3, -0.25) is 4.90 Å². The van der Waals surface area contributed by atoms with Crippen LogP contribution in [0.3, 0.4) is 0 Å². The first-order valence-corrected chi connectivity index (χ1v) is 13.0. The SMILES string of the molecule is O=C(OCC1c2ccccc2-c2ccccc21)N1C2C=C(Cc3cccc(OC(F)(F)F)c3)CC1CCC2. The Bertz CT molecular complexity index is 1340. The van der Waals surface area contributed by atoms with Gasteiger partial charge in [0.25, 0.3) is 0 Å². The predicted octanol–water partition coefficient (Wildman–Crippen LogP) is 7.63. The molecule has 0 spiro atoms. The van der Waals surface area contributed by atoms with Crippen molar-refractivity contribution < 1.29 is 27.4 Å². The minimum Gasteiger partial charge on any atom is -0.448 e. The van der Waals surface area contributed by atoms with E-state index in [0.717, 1.165) is 30.4 Å². The van der Waals surface area contributed by atoms with Crippen molar-refractivity contribution in [1.29, 1.82) is 0 Å². The summed E-state index contributed by atoms with van der Waals surface area (Å²) in [6, 6.07) is 22.6. The van der Waals surface area contributed by atoms with Crippen LogP contribution in [0.2, 0.25) is 0 Å². The number of carbonyl (C=O) groups excluding carboxylic acids is 1. The highest BCUT2D eigenvalue weighted by Gasteiger charge is 2.39. The maximum atomic E-state index is 13.4. The molecule has 3 aromatic rings. The van der Waals surface area contributed by atoms with Crippen LogP contribution in [0.5, 0.6) is 5.75 Å². The number of rotatable bonds is 5. The van der Waals surface area contributed by atoms with Gasteiger partial charge >= 0.3 is 12.5 Å². The fraction of sp³-hybridized carbons (Fsp3) is 0.323. The first-order valence-electron chi connectivity index (χ1n) is 13.0. The van der Waals surface area contributed by atoms with Gasteiger partial charge in [0.15, 0.2) is 0 Å². The van der Waals surface area contributed by atoms with Gasteiger partial charge in [-0.15, -0.1) is 13.2 Å². The summed E-state index contributed by atoms with van der Waals surface area (Å²) in [7, 11) is 0. The van der Waals surface area contributed by atoms with E-state index >= 15 is 0 Å². The molecule has 1 saturated heterocycles. The van der Waals surface area contributed by atoms with E-state index in [4.69, 9.17) is 4.74 Å². The van der Waals surface area contributed by atoms with E-state index in [1.807, 2.05) is 29.2 Å². The molecule has 38 heavy (non-hydrogen) atoms. The molecule has 2 unspecified atom stereocenters. The van der Waals surface area contributed by atoms with Crippen LogP contribution >= 0.6 is 0 Å². The molecule has 1 aliphatic carbocycles. The van der Waals surface area contributed by atoms with E-state index in [2.05, 4.69) is 35.1 Å². The maximum Gasteiger partial charge on any atom is 0.573 e. The second-order valence-corrected chi connectivity index (χ2v) is 10.3. The van der Waals surface area contributed by atoms with Gasteiger partial charge in [-0.05, 0) is 72.1 Å². The molecular formula is C31H28F3NO3. The largest absolute Gasteiger partial charge is 0.573 e. The Morgan fingerprint density at radius 1 is 0.921 bits per heavy atom. The Morgan fingerprint density at radius 2 is 1.63 bits per heavy atom. The number of ether oxygens (including phenoxy) is 2. The summed E-state index contributed by atoms with van der Waals surface area (Å²) in [5.41, 5.74) is 6.63. The van der Waals surface area contributed by atoms with Gasteiger partial charge in [0.2, 0.25) is 0 Å². The molecule has 0 aromatic heterocycles. The smallest absolute Gasteiger partial charge is 0.448 e. The number of fused-ring (bicyclic) bond motifs is 5. The summed E-state index contributed by atoms with van der Waals surface area (Å²) in [4.78, 5) is 15.3. The van der Waals surface area contributed by atoms with Crippen molar-refractivity contribution in [1.82, 2.24) is 4.90 Å². The summed E-state index contributed by atoms with van der Waals surface area (Å²) in [5.74, 6) is -0.208. The van der Waals surface area contributed by atoms with Crippen molar-refractivity contribution in [3.63, 3.8) is 0 Å². The van der Waals surface area contributed by atoms with Crippen LogP contribution in [-0.4, -0.2) is 36.0 Å². The number of hydrogen-bond donors (Lipinski definition) is 0. The number of benzene rings is 3. The van der Waals surface area contributed by atoms with Crippen molar-refractivity contribution in [3.05, 3.63) is 101 Å². The van der Waals surface area contributed by atoms with Crippen LogP contribution in [0.4, 0.5) is 18.0 Å². The lowest BCUT2D eigenvalue weighted by Crippen LogP contribution is -2.52. The number of amides is 1. The van der Waals surface area contributed by atoms with Crippen molar-refractivity contribution in [2.75, 3.05) is 6.61 Å². The van der Waals surface area contributed by atoms with Gasteiger partial charge in [-0.2, -0.15) is 0 Å². The minimum absolute atomic E-state index is 0.00766. The molecule has 0 saturated carbocycles. The van der Waals surface area contributed by atoms with Crippen molar-refractivity contribution in [2.24, 2.45) is 0 Å². The highest BCUT2D eigenvalue weighted by molar-refractivity contribution is 5.79. The summed E-state index contributed by atoms with van der Waals surface area (Å²) in [6.45, 7) is 0.283. The molecule has 0 radical (unpaired) electrons. The summed E-state index contributed by atoms with van der Waals surface area (Å²) in [5, 5.41) is 0. The molecule has 1 amide bonds. The zero-order chi connectivity index (χ0) is 26.3. The standard InChI is InChI=1S/C31H28F3NO3/c32-31(33,34)38-24-10-5-7-20(18-24)15-21-16-22-8-6-9-23(17-21)35(22)30(36)37-19-29-27-13-3-1-11-25(27)26-12-2-4-14-28(26)29/h1-5,7,10-14,16,18,22-23,29H,6,8-9,15,17,19H2. The van der Waals surface area contributed by atoms with E-state index in [1.54, 1.807) is 12.1 Å². The number of halogens is 3. The Balaban J connectivity index is 1.15. The number of hydrogen-bond acceptors (Lipinski definition) is 3. The number of nitrogens with zero attached hydrogens (tertiary/aromatic N) is 1. The topological polar surface area (TPSA) is 38.8 Å². The second-order valence-electron chi connectivity index (χ2n) is 10.3. The lowest BCUT2D eigenvalue weighted by Gasteiger charge is -2.44. The lowest BCUT2D eigenvalue weighted by atomic mass is 9.83. The quantitative estimate of drug-likeness (QED) is 0.325. The molecule has 2 aliphatic heterocycles. The Morgan fingerprint density at radius 3 is 2.32 bits per heavy atom. The van der Waals surface area contributed by atoms with Gasteiger partial charge in [0.05, 0.1) is 6.04 Å². The van der Waals surface area contributed by atoms with Crippen LogP contribution in [0, 0.1) is 0 Å². The average molecular weight is 520 g/mol. The molecule has 2 heterocycles. The molecule has 7 heteroatoms. The molecule has 1 fully saturated rings. The summed E-state index contributed by atoms with van der Waals surface area (Å²) in [6.07, 6.45) is 1.07. The van der Waals surface area contributed by atoms with Gasteiger partial charge < -0.3 is 9.47 Å². The molecule has 3 aliphatic rings. The molecule has 196 valence electrons.